The number of benzene rings is 9. The maximum Gasteiger partial charge on any atom is 0.123 e. The second kappa shape index (κ2) is 10.5. The molecule has 9 aromatic rings. The van der Waals surface area contributed by atoms with E-state index in [0.29, 0.717) is 0 Å². The van der Waals surface area contributed by atoms with E-state index in [2.05, 4.69) is 157 Å². The minimum absolute atomic E-state index is 0.249. The summed E-state index contributed by atoms with van der Waals surface area (Å²) in [6.45, 7) is 0. The van der Waals surface area contributed by atoms with Gasteiger partial charge in [0.05, 0.1) is 5.41 Å². The number of nitrogens with zero attached hydrogens (tertiary/aromatic N) is 1. The summed E-state index contributed by atoms with van der Waals surface area (Å²) in [5, 5.41) is 7.45. The standard InChI is InChI=1S/C49H30FN/c50-32-23-25-34(26-24-32)51(33-13-2-1-3-14-33)35-27-29-41-43(30-35)37-16-6-7-19-40(37)46-42-28-22-31-12-4-5-15-36(31)47(42)49(48(41)46)44-20-10-8-17-38(44)39-18-9-11-21-45(39)49/h1-30H. The Kier molecular flexibility index (Phi) is 5.83. The molecule has 11 rings (SSSR count). The van der Waals surface area contributed by atoms with Gasteiger partial charge in [-0.2, -0.15) is 0 Å². The van der Waals surface area contributed by atoms with Gasteiger partial charge in [0, 0.05) is 17.1 Å². The van der Waals surface area contributed by atoms with Gasteiger partial charge in [0.15, 0.2) is 0 Å². The first-order valence-electron chi connectivity index (χ1n) is 17.5. The molecule has 0 saturated carbocycles. The molecule has 0 radical (unpaired) electrons. The summed E-state index contributed by atoms with van der Waals surface area (Å²) in [4.78, 5) is 2.22. The lowest BCUT2D eigenvalue weighted by molar-refractivity contribution is 0.628. The van der Waals surface area contributed by atoms with Crippen LogP contribution in [0, 0.1) is 5.82 Å². The van der Waals surface area contributed by atoms with E-state index in [9.17, 15) is 4.39 Å². The molecule has 0 heterocycles. The van der Waals surface area contributed by atoms with Crippen LogP contribution in [0.1, 0.15) is 22.3 Å². The molecule has 0 saturated heterocycles. The summed E-state index contributed by atoms with van der Waals surface area (Å²) in [6, 6.07) is 64.6. The Balaban J connectivity index is 1.31. The highest BCUT2D eigenvalue weighted by Gasteiger charge is 2.53. The third kappa shape index (κ3) is 3.74. The van der Waals surface area contributed by atoms with Gasteiger partial charge in [-0.3, -0.25) is 0 Å². The first kappa shape index (κ1) is 28.3. The van der Waals surface area contributed by atoms with Crippen molar-refractivity contribution in [2.24, 2.45) is 0 Å². The SMILES string of the molecule is Fc1ccc(N(c2ccccc2)c2ccc3c4c(c5ccccc5c3c2)-c2ccc3ccccc3c2C42c3ccccc3-c3ccccc32)cc1. The third-order valence-electron chi connectivity index (χ3n) is 11.3. The quantitative estimate of drug-likeness (QED) is 0.172. The van der Waals surface area contributed by atoms with Crippen LogP contribution in [0.15, 0.2) is 182 Å². The fraction of sp³-hybridized carbons (Fsp3) is 0.0204. The van der Waals surface area contributed by atoms with E-state index in [1.165, 1.54) is 89.0 Å². The third-order valence-corrected chi connectivity index (χ3v) is 11.3. The Morgan fingerprint density at radius 1 is 0.373 bits per heavy atom. The van der Waals surface area contributed by atoms with Crippen molar-refractivity contribution in [3.63, 3.8) is 0 Å². The molecule has 9 aromatic carbocycles. The summed E-state index contributed by atoms with van der Waals surface area (Å²) in [5.74, 6) is -0.249. The molecule has 51 heavy (non-hydrogen) atoms. The van der Waals surface area contributed by atoms with E-state index in [0.717, 1.165) is 17.1 Å². The van der Waals surface area contributed by atoms with Crippen molar-refractivity contribution in [1.29, 1.82) is 0 Å². The minimum Gasteiger partial charge on any atom is -0.310 e. The number of para-hydroxylation sites is 1. The average molecular weight is 652 g/mol. The van der Waals surface area contributed by atoms with Crippen molar-refractivity contribution < 1.29 is 4.39 Å². The largest absolute Gasteiger partial charge is 0.310 e. The highest BCUT2D eigenvalue weighted by atomic mass is 19.1. The molecule has 0 aromatic heterocycles. The van der Waals surface area contributed by atoms with Crippen LogP contribution < -0.4 is 4.90 Å². The fourth-order valence-corrected chi connectivity index (χ4v) is 9.38. The zero-order valence-corrected chi connectivity index (χ0v) is 27.6. The molecular formula is C49H30FN. The topological polar surface area (TPSA) is 3.24 Å². The molecule has 0 amide bonds. The van der Waals surface area contributed by atoms with Gasteiger partial charge in [-0.15, -0.1) is 0 Å². The Morgan fingerprint density at radius 2 is 0.961 bits per heavy atom. The van der Waals surface area contributed by atoms with Crippen molar-refractivity contribution in [2.75, 3.05) is 4.90 Å². The van der Waals surface area contributed by atoms with Gasteiger partial charge < -0.3 is 4.90 Å². The number of anilines is 3. The Labute approximate surface area is 295 Å². The van der Waals surface area contributed by atoms with Gasteiger partial charge in [-0.1, -0.05) is 133 Å². The molecule has 0 fully saturated rings. The molecular weight excluding hydrogens is 622 g/mol. The normalized spacial score (nSPS) is 13.4. The Morgan fingerprint density at radius 3 is 1.71 bits per heavy atom. The van der Waals surface area contributed by atoms with Crippen LogP contribution in [0.2, 0.25) is 0 Å². The van der Waals surface area contributed by atoms with Gasteiger partial charge >= 0.3 is 0 Å². The summed E-state index contributed by atoms with van der Waals surface area (Å²) < 4.78 is 14.2. The zero-order valence-electron chi connectivity index (χ0n) is 27.6. The summed E-state index contributed by atoms with van der Waals surface area (Å²) in [7, 11) is 0. The number of rotatable bonds is 3. The predicted octanol–water partition coefficient (Wildman–Crippen LogP) is 13.1. The van der Waals surface area contributed by atoms with E-state index < -0.39 is 5.41 Å². The van der Waals surface area contributed by atoms with E-state index in [1.54, 1.807) is 0 Å². The highest BCUT2D eigenvalue weighted by molar-refractivity contribution is 6.22. The average Bonchev–Trinajstić information content (AvgIpc) is 3.67. The second-order valence-electron chi connectivity index (χ2n) is 13.7. The maximum absolute atomic E-state index is 14.2. The van der Waals surface area contributed by atoms with Crippen molar-refractivity contribution in [1.82, 2.24) is 0 Å². The zero-order chi connectivity index (χ0) is 33.7. The first-order valence-corrected chi connectivity index (χ1v) is 17.5. The first-order chi connectivity index (χ1) is 25.2. The molecule has 0 N–H and O–H groups in total. The molecule has 0 aliphatic heterocycles. The van der Waals surface area contributed by atoms with Crippen LogP contribution in [-0.4, -0.2) is 0 Å². The Hall–Kier alpha value is -6.51. The lowest BCUT2D eigenvalue weighted by Gasteiger charge is -2.33. The van der Waals surface area contributed by atoms with Crippen molar-refractivity contribution >= 4 is 49.4 Å². The second-order valence-corrected chi connectivity index (χ2v) is 13.7. The summed E-state index contributed by atoms with van der Waals surface area (Å²) in [6.07, 6.45) is 0. The van der Waals surface area contributed by atoms with Gasteiger partial charge in [-0.25, -0.2) is 4.39 Å². The van der Waals surface area contributed by atoms with Crippen molar-refractivity contribution in [3.05, 3.63) is 210 Å². The fourth-order valence-electron chi connectivity index (χ4n) is 9.38. The van der Waals surface area contributed by atoms with Gasteiger partial charge in [0.2, 0.25) is 0 Å². The summed E-state index contributed by atoms with van der Waals surface area (Å²) in [5.41, 5.74) is 13.0. The lowest BCUT2D eigenvalue weighted by atomic mass is 9.68. The van der Waals surface area contributed by atoms with E-state index >= 15 is 0 Å². The van der Waals surface area contributed by atoms with Crippen LogP contribution in [0.3, 0.4) is 0 Å². The molecule has 2 heteroatoms. The highest BCUT2D eigenvalue weighted by Crippen LogP contribution is 2.66. The van der Waals surface area contributed by atoms with E-state index in [-0.39, 0.29) is 5.82 Å². The van der Waals surface area contributed by atoms with Gasteiger partial charge in [0.1, 0.15) is 5.82 Å². The molecule has 2 aliphatic rings. The van der Waals surface area contributed by atoms with Gasteiger partial charge in [0.25, 0.3) is 0 Å². The molecule has 1 nitrogen and oxygen atoms in total. The molecule has 2 aliphatic carbocycles. The number of fused-ring (bicyclic) bond motifs is 17. The molecule has 0 bridgehead atoms. The summed E-state index contributed by atoms with van der Waals surface area (Å²) >= 11 is 0. The number of hydrogen-bond donors (Lipinski definition) is 0. The molecule has 0 atom stereocenters. The molecule has 238 valence electrons. The smallest absolute Gasteiger partial charge is 0.123 e. The van der Waals surface area contributed by atoms with E-state index in [4.69, 9.17) is 0 Å². The molecule has 0 unspecified atom stereocenters. The maximum atomic E-state index is 14.2. The number of hydrogen-bond acceptors (Lipinski definition) is 1. The van der Waals surface area contributed by atoms with Crippen molar-refractivity contribution in [2.45, 2.75) is 5.41 Å². The monoisotopic (exact) mass is 651 g/mol. The lowest BCUT2D eigenvalue weighted by Crippen LogP contribution is -2.26. The van der Waals surface area contributed by atoms with Crippen LogP contribution in [-0.2, 0) is 5.41 Å². The minimum atomic E-state index is -0.515. The molecule has 1 spiro atoms. The van der Waals surface area contributed by atoms with Gasteiger partial charge in [-0.05, 0) is 125 Å². The van der Waals surface area contributed by atoms with Crippen LogP contribution >= 0.6 is 0 Å². The Bertz CT molecular complexity index is 2820. The predicted molar refractivity (Wildman–Crippen MR) is 210 cm³/mol. The van der Waals surface area contributed by atoms with Crippen LogP contribution in [0.4, 0.5) is 21.5 Å². The van der Waals surface area contributed by atoms with Crippen molar-refractivity contribution in [3.8, 4) is 22.3 Å². The van der Waals surface area contributed by atoms with Crippen LogP contribution in [0.5, 0.6) is 0 Å². The van der Waals surface area contributed by atoms with E-state index in [1.807, 2.05) is 18.2 Å². The van der Waals surface area contributed by atoms with Crippen LogP contribution in [0.25, 0.3) is 54.6 Å². The number of halogens is 1.